The Balaban J connectivity index is 2.28. The maximum Gasteiger partial charge on any atom is 0.272 e. The second-order valence-corrected chi connectivity index (χ2v) is 8.02. The van der Waals surface area contributed by atoms with Crippen molar-refractivity contribution in [1.82, 2.24) is 10.4 Å². The predicted octanol–water partition coefficient (Wildman–Crippen LogP) is 5.61. The number of carbonyl (C=O) groups excluding carboxylic acids is 2. The van der Waals surface area contributed by atoms with Crippen molar-refractivity contribution in [2.45, 2.75) is 39.4 Å². The average molecular weight is 411 g/mol. The summed E-state index contributed by atoms with van der Waals surface area (Å²) in [6.45, 7) is 6.77. The lowest BCUT2D eigenvalue weighted by molar-refractivity contribution is 0.0358. The minimum atomic E-state index is -1.12. The van der Waals surface area contributed by atoms with Gasteiger partial charge in [-0.25, -0.2) is 9.40 Å². The topological polar surface area (TPSA) is 49.4 Å². The van der Waals surface area contributed by atoms with Crippen LogP contribution in [-0.2, 0) is 0 Å². The number of hydrogen-bond acceptors (Lipinski definition) is 2. The Hall–Kier alpha value is -2.11. The molecule has 2 aromatic carbocycles. The Bertz CT molecular complexity index is 826. The summed E-state index contributed by atoms with van der Waals surface area (Å²) in [5, 5.41) is 1.87. The summed E-state index contributed by atoms with van der Waals surface area (Å²) < 4.78 is 13.3. The van der Waals surface area contributed by atoms with Gasteiger partial charge in [0.2, 0.25) is 0 Å². The van der Waals surface area contributed by atoms with Gasteiger partial charge in [-0.2, -0.15) is 0 Å². The number of rotatable bonds is 3. The summed E-state index contributed by atoms with van der Waals surface area (Å²) in [5.74, 6) is -0.932. The van der Waals surface area contributed by atoms with Crippen LogP contribution in [0.3, 0.4) is 0 Å². The lowest BCUT2D eigenvalue weighted by Gasteiger charge is -2.35. The first-order chi connectivity index (χ1) is 12.5. The van der Waals surface area contributed by atoms with Crippen molar-refractivity contribution >= 4 is 35.0 Å². The smallest absolute Gasteiger partial charge is 0.267 e. The van der Waals surface area contributed by atoms with Crippen LogP contribution in [-0.4, -0.2) is 22.4 Å². The van der Waals surface area contributed by atoms with E-state index in [4.69, 9.17) is 23.2 Å². The van der Waals surface area contributed by atoms with Crippen molar-refractivity contribution in [3.05, 3.63) is 69.2 Å². The van der Waals surface area contributed by atoms with E-state index in [0.717, 1.165) is 0 Å². The van der Waals surface area contributed by atoms with E-state index in [9.17, 15) is 14.0 Å². The lowest BCUT2D eigenvalue weighted by Crippen LogP contribution is -2.55. The Kier molecular flexibility index (Phi) is 6.50. The highest BCUT2D eigenvalue weighted by Gasteiger charge is 2.30. The monoisotopic (exact) mass is 410 g/mol. The van der Waals surface area contributed by atoms with E-state index in [1.165, 1.54) is 42.3 Å². The molecule has 4 nitrogen and oxygen atoms in total. The van der Waals surface area contributed by atoms with Gasteiger partial charge in [-0.15, -0.1) is 0 Å². The average Bonchev–Trinajstić information content (AvgIpc) is 2.57. The number of hydrazine groups is 1. The molecule has 0 bridgehead atoms. The van der Waals surface area contributed by atoms with Crippen LogP contribution in [0.25, 0.3) is 0 Å². The highest BCUT2D eigenvalue weighted by atomic mass is 35.5. The quantitative estimate of drug-likeness (QED) is 0.668. The number of hydrogen-bond donors (Lipinski definition) is 1. The second-order valence-electron chi connectivity index (χ2n) is 7.15. The molecule has 7 heteroatoms. The van der Waals surface area contributed by atoms with Crippen molar-refractivity contribution < 1.29 is 14.0 Å². The van der Waals surface area contributed by atoms with Gasteiger partial charge in [0.25, 0.3) is 11.8 Å². The Morgan fingerprint density at radius 1 is 1.00 bits per heavy atom. The summed E-state index contributed by atoms with van der Waals surface area (Å²) in [4.78, 5) is 25.6. The van der Waals surface area contributed by atoms with Crippen molar-refractivity contribution in [1.29, 1.82) is 0 Å². The van der Waals surface area contributed by atoms with Gasteiger partial charge >= 0.3 is 0 Å². The fourth-order valence-electron chi connectivity index (χ4n) is 2.40. The third-order valence-electron chi connectivity index (χ3n) is 3.83. The molecule has 0 aliphatic heterocycles. The highest BCUT2D eigenvalue weighted by molar-refractivity contribution is 6.35. The Labute approximate surface area is 168 Å². The SMILES string of the molecule is CC(F)c1ccc(C(=O)NN(C(=O)c2cc(Cl)cc(Cl)c2)C(C)(C)C)cc1. The highest BCUT2D eigenvalue weighted by Crippen LogP contribution is 2.23. The van der Waals surface area contributed by atoms with E-state index in [0.29, 0.717) is 21.2 Å². The van der Waals surface area contributed by atoms with Crippen LogP contribution in [0.15, 0.2) is 42.5 Å². The molecular weight excluding hydrogens is 390 g/mol. The summed E-state index contributed by atoms with van der Waals surface area (Å²) in [6, 6.07) is 10.6. The van der Waals surface area contributed by atoms with Crippen LogP contribution >= 0.6 is 23.2 Å². The van der Waals surface area contributed by atoms with Gasteiger partial charge < -0.3 is 0 Å². The van der Waals surface area contributed by atoms with E-state index in [2.05, 4.69) is 5.43 Å². The van der Waals surface area contributed by atoms with Gasteiger partial charge in [-0.05, 0) is 63.6 Å². The first-order valence-electron chi connectivity index (χ1n) is 8.34. The van der Waals surface area contributed by atoms with Crippen molar-refractivity contribution in [3.63, 3.8) is 0 Å². The molecule has 1 N–H and O–H groups in total. The van der Waals surface area contributed by atoms with Crippen LogP contribution in [0.1, 0.15) is 60.1 Å². The third kappa shape index (κ3) is 5.44. The lowest BCUT2D eigenvalue weighted by atomic mass is 10.1. The van der Waals surface area contributed by atoms with Crippen LogP contribution < -0.4 is 5.43 Å². The zero-order valence-corrected chi connectivity index (χ0v) is 17.0. The summed E-state index contributed by atoms with van der Waals surface area (Å²) in [5.41, 5.74) is 2.95. The van der Waals surface area contributed by atoms with E-state index in [1.807, 2.05) is 0 Å². The van der Waals surface area contributed by atoms with Gasteiger partial charge in [0.15, 0.2) is 0 Å². The molecule has 1 atom stereocenters. The minimum Gasteiger partial charge on any atom is -0.267 e. The van der Waals surface area contributed by atoms with E-state index < -0.39 is 23.5 Å². The minimum absolute atomic E-state index is 0.254. The van der Waals surface area contributed by atoms with Crippen molar-refractivity contribution in [2.24, 2.45) is 0 Å². The molecule has 0 radical (unpaired) electrons. The Morgan fingerprint density at radius 3 is 1.96 bits per heavy atom. The number of benzene rings is 2. The van der Waals surface area contributed by atoms with Gasteiger partial charge in [-0.1, -0.05) is 35.3 Å². The first-order valence-corrected chi connectivity index (χ1v) is 9.10. The van der Waals surface area contributed by atoms with Gasteiger partial charge in [0.05, 0.1) is 5.54 Å². The number of halogens is 3. The standard InChI is InChI=1S/C20H21Cl2FN2O2/c1-12(23)13-5-7-14(8-6-13)18(26)24-25(20(2,3)4)19(27)15-9-16(21)11-17(22)10-15/h5-12H,1-4H3,(H,24,26). The summed E-state index contributed by atoms with van der Waals surface area (Å²) >= 11 is 12.0. The predicted molar refractivity (Wildman–Crippen MR) is 106 cm³/mol. The summed E-state index contributed by atoms with van der Waals surface area (Å²) in [7, 11) is 0. The molecule has 0 spiro atoms. The first kappa shape index (κ1) is 21.2. The number of nitrogens with one attached hydrogen (secondary N) is 1. The maximum atomic E-state index is 13.3. The molecule has 0 fully saturated rings. The number of carbonyl (C=O) groups is 2. The van der Waals surface area contributed by atoms with E-state index in [1.54, 1.807) is 32.9 Å². The molecule has 2 amide bonds. The van der Waals surface area contributed by atoms with E-state index in [-0.39, 0.29) is 5.56 Å². The van der Waals surface area contributed by atoms with Crippen molar-refractivity contribution in [3.8, 4) is 0 Å². The van der Waals surface area contributed by atoms with Crippen LogP contribution in [0.2, 0.25) is 10.0 Å². The maximum absolute atomic E-state index is 13.3. The molecule has 0 aliphatic carbocycles. The van der Waals surface area contributed by atoms with Gasteiger partial charge in [0.1, 0.15) is 6.17 Å². The molecule has 0 aliphatic rings. The second kappa shape index (κ2) is 8.28. The molecule has 0 aromatic heterocycles. The molecule has 27 heavy (non-hydrogen) atoms. The summed E-state index contributed by atoms with van der Waals surface area (Å²) in [6.07, 6.45) is -1.12. The molecule has 2 rings (SSSR count). The van der Waals surface area contributed by atoms with E-state index >= 15 is 0 Å². The Morgan fingerprint density at radius 2 is 1.52 bits per heavy atom. The number of alkyl halides is 1. The molecule has 2 aromatic rings. The molecule has 0 saturated carbocycles. The zero-order valence-electron chi connectivity index (χ0n) is 15.5. The fraction of sp³-hybridized carbons (Fsp3) is 0.300. The van der Waals surface area contributed by atoms with Crippen LogP contribution in [0.4, 0.5) is 4.39 Å². The van der Waals surface area contributed by atoms with Crippen LogP contribution in [0.5, 0.6) is 0 Å². The normalized spacial score (nSPS) is 12.4. The molecule has 144 valence electrons. The molecule has 0 heterocycles. The third-order valence-corrected chi connectivity index (χ3v) is 4.27. The molecule has 1 unspecified atom stereocenters. The van der Waals surface area contributed by atoms with Gasteiger partial charge in [0, 0.05) is 21.2 Å². The largest absolute Gasteiger partial charge is 0.272 e. The fourth-order valence-corrected chi connectivity index (χ4v) is 2.92. The zero-order chi connectivity index (χ0) is 20.4. The number of nitrogens with zero attached hydrogens (tertiary/aromatic N) is 1. The van der Waals surface area contributed by atoms with Crippen molar-refractivity contribution in [2.75, 3.05) is 0 Å². The van der Waals surface area contributed by atoms with Crippen LogP contribution in [0, 0.1) is 0 Å². The number of amides is 2. The van der Waals surface area contributed by atoms with Gasteiger partial charge in [-0.3, -0.25) is 15.0 Å². The molecular formula is C20H21Cl2FN2O2. The molecule has 0 saturated heterocycles.